The number of rotatable bonds is 3. The molecule has 1 aromatic heterocycles. The first kappa shape index (κ1) is 17.3. The lowest BCUT2D eigenvalue weighted by Gasteiger charge is -2.07. The summed E-state index contributed by atoms with van der Waals surface area (Å²) in [4.78, 5) is 17.0. The van der Waals surface area contributed by atoms with Gasteiger partial charge in [-0.2, -0.15) is 0 Å². The predicted molar refractivity (Wildman–Crippen MR) is 101 cm³/mol. The number of aliphatic imine (C=N–C) groups is 1. The molecule has 0 atom stereocenters. The van der Waals surface area contributed by atoms with Crippen molar-refractivity contribution in [1.29, 1.82) is 0 Å². The summed E-state index contributed by atoms with van der Waals surface area (Å²) in [6.07, 6.45) is 1.38. The zero-order valence-electron chi connectivity index (χ0n) is 13.6. The Morgan fingerprint density at radius 2 is 1.84 bits per heavy atom. The van der Waals surface area contributed by atoms with E-state index in [9.17, 15) is 9.90 Å². The summed E-state index contributed by atoms with van der Waals surface area (Å²) in [7, 11) is 1.79. The Morgan fingerprint density at radius 1 is 1.16 bits per heavy atom. The average molecular weight is 376 g/mol. The topological polar surface area (TPSA) is 59.5 Å². The van der Waals surface area contributed by atoms with Crippen LogP contribution in [0.1, 0.15) is 11.3 Å². The Kier molecular flexibility index (Phi) is 4.70. The van der Waals surface area contributed by atoms with E-state index in [1.165, 1.54) is 23.0 Å². The quantitative estimate of drug-likeness (QED) is 0.695. The van der Waals surface area contributed by atoms with Gasteiger partial charge in [-0.3, -0.25) is 9.48 Å². The van der Waals surface area contributed by atoms with Crippen LogP contribution in [0.5, 0.6) is 5.75 Å². The molecule has 0 fully saturated rings. The van der Waals surface area contributed by atoms with Crippen LogP contribution in [0, 0.1) is 6.92 Å². The molecule has 0 amide bonds. The van der Waals surface area contributed by atoms with Crippen LogP contribution in [0.15, 0.2) is 52.3 Å². The molecule has 1 heterocycles. The minimum atomic E-state index is -0.255. The summed E-state index contributed by atoms with van der Waals surface area (Å²) >= 11 is 11.9. The van der Waals surface area contributed by atoms with E-state index >= 15 is 0 Å². The van der Waals surface area contributed by atoms with Crippen molar-refractivity contribution < 1.29 is 5.11 Å². The van der Waals surface area contributed by atoms with Crippen molar-refractivity contribution >= 4 is 35.1 Å². The van der Waals surface area contributed by atoms with E-state index in [0.29, 0.717) is 16.3 Å². The molecule has 0 aliphatic rings. The Labute approximate surface area is 154 Å². The molecule has 0 saturated carbocycles. The van der Waals surface area contributed by atoms with Crippen LogP contribution < -0.4 is 5.56 Å². The zero-order chi connectivity index (χ0) is 18.1. The highest BCUT2D eigenvalue weighted by atomic mass is 35.5. The van der Waals surface area contributed by atoms with Crippen LogP contribution in [0.25, 0.3) is 5.69 Å². The molecular weight excluding hydrogens is 361 g/mol. The Morgan fingerprint density at radius 3 is 2.52 bits per heavy atom. The Bertz CT molecular complexity index is 1020. The number of phenols is 1. The van der Waals surface area contributed by atoms with Crippen LogP contribution in [0.3, 0.4) is 0 Å². The SMILES string of the molecule is Cc1c(N=Cc2cc(Cl)cc(Cl)c2O)c(=O)n(-c2ccccc2)n1C. The van der Waals surface area contributed by atoms with Gasteiger partial charge in [0.05, 0.1) is 16.4 Å². The van der Waals surface area contributed by atoms with Crippen molar-refractivity contribution in [3.63, 3.8) is 0 Å². The van der Waals surface area contributed by atoms with Gasteiger partial charge in [0.25, 0.3) is 5.56 Å². The summed E-state index contributed by atoms with van der Waals surface area (Å²) in [5, 5.41) is 10.5. The van der Waals surface area contributed by atoms with Crippen molar-refractivity contribution in [2.45, 2.75) is 6.92 Å². The van der Waals surface area contributed by atoms with E-state index in [0.717, 1.165) is 5.69 Å². The maximum absolute atomic E-state index is 12.8. The molecule has 0 radical (unpaired) electrons. The first-order valence-corrected chi connectivity index (χ1v) is 8.22. The van der Waals surface area contributed by atoms with E-state index in [1.54, 1.807) is 18.7 Å². The van der Waals surface area contributed by atoms with Gasteiger partial charge in [0, 0.05) is 23.8 Å². The highest BCUT2D eigenvalue weighted by molar-refractivity contribution is 6.36. The summed E-state index contributed by atoms with van der Waals surface area (Å²) in [6, 6.07) is 12.3. The molecule has 0 aliphatic carbocycles. The fourth-order valence-electron chi connectivity index (χ4n) is 2.52. The largest absolute Gasteiger partial charge is 0.506 e. The molecule has 1 N–H and O–H groups in total. The van der Waals surface area contributed by atoms with Gasteiger partial charge >= 0.3 is 0 Å². The number of hydrogen-bond donors (Lipinski definition) is 1. The van der Waals surface area contributed by atoms with E-state index in [-0.39, 0.29) is 22.0 Å². The van der Waals surface area contributed by atoms with Crippen LogP contribution in [-0.2, 0) is 7.05 Å². The minimum Gasteiger partial charge on any atom is -0.506 e. The van der Waals surface area contributed by atoms with E-state index in [2.05, 4.69) is 4.99 Å². The lowest BCUT2D eigenvalue weighted by Crippen LogP contribution is -2.19. The maximum Gasteiger partial charge on any atom is 0.297 e. The van der Waals surface area contributed by atoms with Crippen LogP contribution >= 0.6 is 23.2 Å². The number of nitrogens with zero attached hydrogens (tertiary/aromatic N) is 3. The summed E-state index contributed by atoms with van der Waals surface area (Å²) < 4.78 is 3.27. The average Bonchev–Trinajstić information content (AvgIpc) is 2.80. The molecule has 7 heteroatoms. The van der Waals surface area contributed by atoms with Crippen molar-refractivity contribution in [3.8, 4) is 11.4 Å². The van der Waals surface area contributed by atoms with E-state index < -0.39 is 0 Å². The van der Waals surface area contributed by atoms with Gasteiger partial charge in [-0.05, 0) is 31.2 Å². The van der Waals surface area contributed by atoms with Crippen LogP contribution in [0.4, 0.5) is 5.69 Å². The number of halogens is 2. The van der Waals surface area contributed by atoms with Crippen molar-refractivity contribution in [3.05, 3.63) is 74.1 Å². The summed E-state index contributed by atoms with van der Waals surface area (Å²) in [5.41, 5.74) is 1.80. The smallest absolute Gasteiger partial charge is 0.297 e. The van der Waals surface area contributed by atoms with Crippen molar-refractivity contribution in [2.24, 2.45) is 12.0 Å². The fourth-order valence-corrected chi connectivity index (χ4v) is 3.03. The molecular formula is C18H15Cl2N3O2. The molecule has 3 rings (SSSR count). The second-order valence-corrected chi connectivity index (χ2v) is 6.34. The number of aromatic nitrogens is 2. The molecule has 25 heavy (non-hydrogen) atoms. The van der Waals surface area contributed by atoms with Gasteiger partial charge in [-0.1, -0.05) is 41.4 Å². The van der Waals surface area contributed by atoms with E-state index in [4.69, 9.17) is 23.2 Å². The predicted octanol–water partition coefficient (Wildman–Crippen LogP) is 4.25. The van der Waals surface area contributed by atoms with E-state index in [1.807, 2.05) is 30.3 Å². The number of para-hydroxylation sites is 1. The summed E-state index contributed by atoms with van der Waals surface area (Å²) in [5.74, 6) is -0.133. The highest BCUT2D eigenvalue weighted by Crippen LogP contribution is 2.30. The van der Waals surface area contributed by atoms with Gasteiger partial charge in [0.2, 0.25) is 0 Å². The van der Waals surface area contributed by atoms with Crippen LogP contribution in [0.2, 0.25) is 10.0 Å². The third-order valence-corrected chi connectivity index (χ3v) is 4.42. The molecule has 0 spiro atoms. The molecule has 5 nitrogen and oxygen atoms in total. The number of benzene rings is 2. The molecule has 3 aromatic rings. The van der Waals surface area contributed by atoms with Crippen molar-refractivity contribution in [1.82, 2.24) is 9.36 Å². The third-order valence-electron chi connectivity index (χ3n) is 3.91. The van der Waals surface area contributed by atoms with Crippen molar-refractivity contribution in [2.75, 3.05) is 0 Å². The lowest BCUT2D eigenvalue weighted by molar-refractivity contribution is 0.475. The second-order valence-electron chi connectivity index (χ2n) is 5.49. The molecule has 128 valence electrons. The van der Waals surface area contributed by atoms with Gasteiger partial charge in [-0.15, -0.1) is 0 Å². The van der Waals surface area contributed by atoms with Crippen LogP contribution in [-0.4, -0.2) is 20.7 Å². The normalized spacial score (nSPS) is 11.4. The molecule has 0 bridgehead atoms. The minimum absolute atomic E-state index is 0.125. The fraction of sp³-hybridized carbons (Fsp3) is 0.111. The Hall–Kier alpha value is -2.50. The first-order chi connectivity index (χ1) is 11.9. The maximum atomic E-state index is 12.8. The molecule has 0 unspecified atom stereocenters. The first-order valence-electron chi connectivity index (χ1n) is 7.46. The van der Waals surface area contributed by atoms with Gasteiger partial charge in [0.15, 0.2) is 5.69 Å². The molecule has 0 saturated heterocycles. The third kappa shape index (κ3) is 3.21. The second kappa shape index (κ2) is 6.78. The standard InChI is InChI=1S/C18H15Cl2N3O2/c1-11-16(21-10-12-8-13(19)9-15(20)17(12)24)18(25)23(22(11)2)14-6-4-3-5-7-14/h3-10,24H,1-2H3. The zero-order valence-corrected chi connectivity index (χ0v) is 15.1. The number of phenolic OH excluding ortho intramolecular Hbond substituents is 1. The molecule has 0 aliphatic heterocycles. The lowest BCUT2D eigenvalue weighted by atomic mass is 10.2. The van der Waals surface area contributed by atoms with Gasteiger partial charge in [-0.25, -0.2) is 9.67 Å². The monoisotopic (exact) mass is 375 g/mol. The number of aromatic hydroxyl groups is 1. The van der Waals surface area contributed by atoms with Gasteiger partial charge < -0.3 is 5.11 Å². The number of hydrogen-bond acceptors (Lipinski definition) is 3. The highest BCUT2D eigenvalue weighted by Gasteiger charge is 2.15. The molecule has 2 aromatic carbocycles. The van der Waals surface area contributed by atoms with Gasteiger partial charge in [0.1, 0.15) is 5.75 Å². The summed E-state index contributed by atoms with van der Waals surface area (Å²) in [6.45, 7) is 1.80. The Balaban J connectivity index is 2.10.